The molecule has 2 nitrogen and oxygen atoms in total. The van der Waals surface area contributed by atoms with Crippen LogP contribution in [-0.2, 0) is 6.54 Å². The van der Waals surface area contributed by atoms with Gasteiger partial charge in [-0.05, 0) is 28.5 Å². The summed E-state index contributed by atoms with van der Waals surface area (Å²) in [6, 6.07) is 11.3. The van der Waals surface area contributed by atoms with Crippen molar-refractivity contribution >= 4 is 21.4 Å². The van der Waals surface area contributed by atoms with Gasteiger partial charge in [0.2, 0.25) is 0 Å². The van der Waals surface area contributed by atoms with Crippen LogP contribution >= 0.6 is 11.3 Å². The maximum atomic E-state index is 4.39. The largest absolute Gasteiger partial charge is 0.310 e. The molecule has 0 amide bonds. The van der Waals surface area contributed by atoms with E-state index in [-0.39, 0.29) is 0 Å². The fraction of sp³-hybridized carbons (Fsp3) is 0.235. The Morgan fingerprint density at radius 2 is 2.10 bits per heavy atom. The number of nitrogens with one attached hydrogen (secondary N) is 1. The lowest BCUT2D eigenvalue weighted by atomic mass is 10.0. The molecule has 3 heteroatoms. The van der Waals surface area contributed by atoms with Crippen molar-refractivity contribution in [3.8, 4) is 11.1 Å². The fourth-order valence-electron chi connectivity index (χ4n) is 2.27. The van der Waals surface area contributed by atoms with Crippen LogP contribution in [0.25, 0.3) is 21.2 Å². The highest BCUT2D eigenvalue weighted by atomic mass is 32.1. The van der Waals surface area contributed by atoms with Crippen molar-refractivity contribution in [1.29, 1.82) is 0 Å². The number of benzene rings is 1. The van der Waals surface area contributed by atoms with E-state index in [0.29, 0.717) is 6.04 Å². The monoisotopic (exact) mass is 282 g/mol. The van der Waals surface area contributed by atoms with Gasteiger partial charge in [0.05, 0.1) is 0 Å². The Morgan fingerprint density at radius 1 is 1.20 bits per heavy atom. The average Bonchev–Trinajstić information content (AvgIpc) is 2.93. The highest BCUT2D eigenvalue weighted by Crippen LogP contribution is 2.32. The molecule has 0 saturated heterocycles. The van der Waals surface area contributed by atoms with Crippen LogP contribution < -0.4 is 5.32 Å². The zero-order valence-electron chi connectivity index (χ0n) is 11.8. The number of hydrogen-bond acceptors (Lipinski definition) is 3. The van der Waals surface area contributed by atoms with Crippen molar-refractivity contribution < 1.29 is 0 Å². The smallest absolute Gasteiger partial charge is 0.0421 e. The zero-order valence-corrected chi connectivity index (χ0v) is 12.6. The van der Waals surface area contributed by atoms with Gasteiger partial charge >= 0.3 is 0 Å². The Balaban J connectivity index is 1.97. The quantitative estimate of drug-likeness (QED) is 0.764. The highest BCUT2D eigenvalue weighted by Gasteiger charge is 2.06. The van der Waals surface area contributed by atoms with E-state index >= 15 is 0 Å². The van der Waals surface area contributed by atoms with E-state index in [9.17, 15) is 0 Å². The maximum absolute atomic E-state index is 4.39. The molecule has 0 fully saturated rings. The van der Waals surface area contributed by atoms with Gasteiger partial charge in [0.1, 0.15) is 0 Å². The van der Waals surface area contributed by atoms with Gasteiger partial charge in [0.15, 0.2) is 0 Å². The van der Waals surface area contributed by atoms with Crippen molar-refractivity contribution in [2.24, 2.45) is 0 Å². The van der Waals surface area contributed by atoms with E-state index in [2.05, 4.69) is 59.9 Å². The van der Waals surface area contributed by atoms with Gasteiger partial charge in [-0.1, -0.05) is 32.0 Å². The second-order valence-corrected chi connectivity index (χ2v) is 6.18. The minimum Gasteiger partial charge on any atom is -0.310 e. The molecule has 3 rings (SSSR count). The number of fused-ring (bicyclic) bond motifs is 1. The topological polar surface area (TPSA) is 24.9 Å². The van der Waals surface area contributed by atoms with E-state index in [0.717, 1.165) is 6.54 Å². The lowest BCUT2D eigenvalue weighted by Crippen LogP contribution is -2.21. The van der Waals surface area contributed by atoms with Crippen LogP contribution in [0.2, 0.25) is 0 Å². The number of nitrogens with zero attached hydrogens (tertiary/aromatic N) is 1. The summed E-state index contributed by atoms with van der Waals surface area (Å²) < 4.78 is 1.34. The van der Waals surface area contributed by atoms with Gasteiger partial charge in [-0.25, -0.2) is 0 Å². The van der Waals surface area contributed by atoms with Crippen molar-refractivity contribution in [3.63, 3.8) is 0 Å². The molecule has 0 aliphatic rings. The van der Waals surface area contributed by atoms with E-state index in [1.807, 2.05) is 12.4 Å². The van der Waals surface area contributed by atoms with Crippen molar-refractivity contribution in [2.45, 2.75) is 26.4 Å². The molecule has 0 radical (unpaired) electrons. The van der Waals surface area contributed by atoms with E-state index in [1.54, 1.807) is 11.3 Å². The number of rotatable bonds is 4. The molecule has 3 aromatic rings. The summed E-state index contributed by atoms with van der Waals surface area (Å²) in [6.45, 7) is 5.17. The molecule has 0 saturated carbocycles. The summed E-state index contributed by atoms with van der Waals surface area (Å²) >= 11 is 1.79. The SMILES string of the molecule is CC(C)NCc1cncc(-c2cccc3ccsc23)c1. The number of aromatic nitrogens is 1. The molecule has 1 aromatic carbocycles. The second kappa shape index (κ2) is 5.73. The Labute approximate surface area is 123 Å². The van der Waals surface area contributed by atoms with E-state index in [1.165, 1.54) is 26.8 Å². The average molecular weight is 282 g/mol. The fourth-order valence-corrected chi connectivity index (χ4v) is 3.21. The maximum Gasteiger partial charge on any atom is 0.0421 e. The molecular weight excluding hydrogens is 264 g/mol. The number of hydrogen-bond donors (Lipinski definition) is 1. The van der Waals surface area contributed by atoms with Crippen LogP contribution in [-0.4, -0.2) is 11.0 Å². The van der Waals surface area contributed by atoms with Crippen LogP contribution in [0.15, 0.2) is 48.1 Å². The van der Waals surface area contributed by atoms with Crippen LogP contribution in [0.4, 0.5) is 0 Å². The van der Waals surface area contributed by atoms with Crippen LogP contribution in [0, 0.1) is 0 Å². The molecule has 0 aliphatic carbocycles. The summed E-state index contributed by atoms with van der Waals surface area (Å²) in [6.07, 6.45) is 3.89. The molecule has 2 heterocycles. The minimum absolute atomic E-state index is 0.486. The third-order valence-corrected chi connectivity index (χ3v) is 4.26. The van der Waals surface area contributed by atoms with Gasteiger partial charge in [0, 0.05) is 40.8 Å². The molecule has 0 unspecified atom stereocenters. The third-order valence-electron chi connectivity index (χ3n) is 3.30. The summed E-state index contributed by atoms with van der Waals surface area (Å²) in [4.78, 5) is 4.39. The summed E-state index contributed by atoms with van der Waals surface area (Å²) in [5, 5.41) is 6.88. The Bertz CT molecular complexity index is 716. The van der Waals surface area contributed by atoms with E-state index < -0.39 is 0 Å². The summed E-state index contributed by atoms with van der Waals surface area (Å²) in [5.41, 5.74) is 3.70. The molecule has 0 atom stereocenters. The molecule has 20 heavy (non-hydrogen) atoms. The predicted molar refractivity (Wildman–Crippen MR) is 87.0 cm³/mol. The molecule has 1 N–H and O–H groups in total. The third kappa shape index (κ3) is 2.74. The lowest BCUT2D eigenvalue weighted by Gasteiger charge is -2.09. The molecule has 0 bridgehead atoms. The first-order valence-electron chi connectivity index (χ1n) is 6.88. The molecule has 2 aromatic heterocycles. The van der Waals surface area contributed by atoms with E-state index in [4.69, 9.17) is 0 Å². The molecule has 0 aliphatic heterocycles. The van der Waals surface area contributed by atoms with Gasteiger partial charge in [-0.2, -0.15) is 0 Å². The zero-order chi connectivity index (χ0) is 13.9. The Kier molecular flexibility index (Phi) is 3.81. The molecule has 0 spiro atoms. The van der Waals surface area contributed by atoms with Gasteiger partial charge in [-0.15, -0.1) is 11.3 Å². The summed E-state index contributed by atoms with van der Waals surface area (Å²) in [7, 11) is 0. The van der Waals surface area contributed by atoms with Gasteiger partial charge < -0.3 is 5.32 Å². The van der Waals surface area contributed by atoms with Crippen LogP contribution in [0.5, 0.6) is 0 Å². The van der Waals surface area contributed by atoms with Crippen molar-refractivity contribution in [1.82, 2.24) is 10.3 Å². The van der Waals surface area contributed by atoms with Crippen molar-refractivity contribution in [3.05, 3.63) is 53.7 Å². The van der Waals surface area contributed by atoms with Gasteiger partial charge in [0.25, 0.3) is 0 Å². The van der Waals surface area contributed by atoms with Crippen LogP contribution in [0.1, 0.15) is 19.4 Å². The van der Waals surface area contributed by atoms with Crippen LogP contribution in [0.3, 0.4) is 0 Å². The Hall–Kier alpha value is -1.71. The molecule has 102 valence electrons. The highest BCUT2D eigenvalue weighted by molar-refractivity contribution is 7.17. The molecular formula is C17H18N2S. The minimum atomic E-state index is 0.486. The summed E-state index contributed by atoms with van der Waals surface area (Å²) in [5.74, 6) is 0. The van der Waals surface area contributed by atoms with Crippen molar-refractivity contribution in [2.75, 3.05) is 0 Å². The Morgan fingerprint density at radius 3 is 2.95 bits per heavy atom. The predicted octanol–water partition coefficient (Wildman–Crippen LogP) is 4.46. The first-order valence-corrected chi connectivity index (χ1v) is 7.76. The first kappa shape index (κ1) is 13.3. The first-order chi connectivity index (χ1) is 9.74. The normalized spacial score (nSPS) is 11.3. The number of pyridine rings is 1. The van der Waals surface area contributed by atoms with Gasteiger partial charge in [-0.3, -0.25) is 4.98 Å². The standard InChI is InChI=1S/C17H18N2S/c1-12(2)19-10-13-8-15(11-18-9-13)16-5-3-4-14-6-7-20-17(14)16/h3-9,11-12,19H,10H2,1-2H3. The second-order valence-electron chi connectivity index (χ2n) is 5.26. The lowest BCUT2D eigenvalue weighted by molar-refractivity contribution is 0.588. The number of thiophene rings is 1.